The molecule has 0 radical (unpaired) electrons. The number of benzene rings is 3. The van der Waals surface area contributed by atoms with Crippen molar-refractivity contribution in [1.29, 1.82) is 0 Å². The molecule has 37 heavy (non-hydrogen) atoms. The summed E-state index contributed by atoms with van der Waals surface area (Å²) in [4.78, 5) is 28.2. The van der Waals surface area contributed by atoms with Crippen LogP contribution in [0, 0.1) is 6.92 Å². The fourth-order valence-electron chi connectivity index (χ4n) is 3.84. The summed E-state index contributed by atoms with van der Waals surface area (Å²) < 4.78 is 28.4. The molecule has 9 heteroatoms. The lowest BCUT2D eigenvalue weighted by Crippen LogP contribution is -2.52. The van der Waals surface area contributed by atoms with Crippen molar-refractivity contribution in [2.45, 2.75) is 51.2 Å². The van der Waals surface area contributed by atoms with Gasteiger partial charge < -0.3 is 10.2 Å². The van der Waals surface area contributed by atoms with E-state index in [-0.39, 0.29) is 29.1 Å². The first-order chi connectivity index (χ1) is 17.5. The maximum absolute atomic E-state index is 13.8. The summed E-state index contributed by atoms with van der Waals surface area (Å²) in [5.41, 5.74) is 2.07. The van der Waals surface area contributed by atoms with Crippen molar-refractivity contribution in [1.82, 2.24) is 10.2 Å². The van der Waals surface area contributed by atoms with E-state index in [1.807, 2.05) is 45.0 Å². The molecule has 1 N–H and O–H groups in total. The SMILES string of the molecule is Cc1ccccc1CN(C(=O)CN(c1cccc(Cl)c1)S(=O)(=O)c1ccccc1)[C@@H](C)C(=O)NC(C)C. The van der Waals surface area contributed by atoms with Crippen LogP contribution in [0.4, 0.5) is 5.69 Å². The van der Waals surface area contributed by atoms with E-state index in [0.717, 1.165) is 15.4 Å². The molecule has 7 nitrogen and oxygen atoms in total. The lowest BCUT2D eigenvalue weighted by Gasteiger charge is -2.32. The molecule has 3 aromatic rings. The predicted molar refractivity (Wildman–Crippen MR) is 147 cm³/mol. The van der Waals surface area contributed by atoms with Crippen molar-refractivity contribution in [2.24, 2.45) is 0 Å². The number of aryl methyl sites for hydroxylation is 1. The molecule has 2 amide bonds. The number of amides is 2. The summed E-state index contributed by atoms with van der Waals surface area (Å²) in [7, 11) is -4.12. The number of nitrogens with zero attached hydrogens (tertiary/aromatic N) is 2. The molecule has 3 rings (SSSR count). The van der Waals surface area contributed by atoms with Crippen LogP contribution in [0.2, 0.25) is 5.02 Å². The first kappa shape index (κ1) is 28.2. The Kier molecular flexibility index (Phi) is 9.34. The van der Waals surface area contributed by atoms with E-state index in [9.17, 15) is 18.0 Å². The third kappa shape index (κ3) is 7.11. The molecule has 0 unspecified atom stereocenters. The first-order valence-electron chi connectivity index (χ1n) is 12.0. The number of nitrogens with one attached hydrogen (secondary N) is 1. The number of halogens is 1. The first-order valence-corrected chi connectivity index (χ1v) is 13.8. The van der Waals surface area contributed by atoms with E-state index in [1.165, 1.54) is 23.1 Å². The highest BCUT2D eigenvalue weighted by molar-refractivity contribution is 7.92. The van der Waals surface area contributed by atoms with Crippen molar-refractivity contribution >= 4 is 39.1 Å². The fraction of sp³-hybridized carbons (Fsp3) is 0.286. The summed E-state index contributed by atoms with van der Waals surface area (Å²) in [5, 5.41) is 3.18. The second-order valence-corrected chi connectivity index (χ2v) is 11.4. The largest absolute Gasteiger partial charge is 0.352 e. The van der Waals surface area contributed by atoms with Crippen LogP contribution in [0.1, 0.15) is 31.9 Å². The Hall–Kier alpha value is -3.36. The zero-order valence-corrected chi connectivity index (χ0v) is 23.0. The average Bonchev–Trinajstić information content (AvgIpc) is 2.86. The summed E-state index contributed by atoms with van der Waals surface area (Å²) in [5.74, 6) is -0.841. The Morgan fingerprint density at radius 2 is 1.57 bits per heavy atom. The molecule has 0 aliphatic carbocycles. The van der Waals surface area contributed by atoms with Gasteiger partial charge in [-0.3, -0.25) is 13.9 Å². The summed E-state index contributed by atoms with van der Waals surface area (Å²) >= 11 is 6.18. The number of hydrogen-bond acceptors (Lipinski definition) is 4. The fourth-order valence-corrected chi connectivity index (χ4v) is 5.45. The zero-order valence-electron chi connectivity index (χ0n) is 21.4. The van der Waals surface area contributed by atoms with Crippen LogP contribution >= 0.6 is 11.6 Å². The topological polar surface area (TPSA) is 86.8 Å². The third-order valence-electron chi connectivity index (χ3n) is 5.91. The Morgan fingerprint density at radius 1 is 0.919 bits per heavy atom. The van der Waals surface area contributed by atoms with Gasteiger partial charge in [0.25, 0.3) is 10.0 Å². The van der Waals surface area contributed by atoms with E-state index in [4.69, 9.17) is 11.6 Å². The summed E-state index contributed by atoms with van der Waals surface area (Å²) in [6.45, 7) is 6.88. The van der Waals surface area contributed by atoms with Crippen LogP contribution in [0.5, 0.6) is 0 Å². The van der Waals surface area contributed by atoms with Crippen LogP contribution in [0.15, 0.2) is 83.8 Å². The number of hydrogen-bond donors (Lipinski definition) is 1. The number of carbonyl (C=O) groups excluding carboxylic acids is 2. The van der Waals surface area contributed by atoms with Gasteiger partial charge in [0.1, 0.15) is 12.6 Å². The second kappa shape index (κ2) is 12.3. The van der Waals surface area contributed by atoms with Gasteiger partial charge in [-0.05, 0) is 69.2 Å². The Labute approximate surface area is 224 Å². The van der Waals surface area contributed by atoms with E-state index in [1.54, 1.807) is 43.3 Å². The zero-order chi connectivity index (χ0) is 27.2. The number of rotatable bonds is 10. The molecule has 0 fully saturated rings. The lowest BCUT2D eigenvalue weighted by atomic mass is 10.1. The van der Waals surface area contributed by atoms with E-state index >= 15 is 0 Å². The maximum atomic E-state index is 13.8. The predicted octanol–water partition coefficient (Wildman–Crippen LogP) is 4.79. The molecule has 0 spiro atoms. The normalized spacial score (nSPS) is 12.2. The molecule has 0 heterocycles. The van der Waals surface area contributed by atoms with E-state index in [2.05, 4.69) is 5.32 Å². The van der Waals surface area contributed by atoms with Crippen LogP contribution in [0.25, 0.3) is 0 Å². The molecule has 0 aliphatic rings. The van der Waals surface area contributed by atoms with Gasteiger partial charge in [0.05, 0.1) is 10.6 Å². The molecule has 0 saturated carbocycles. The van der Waals surface area contributed by atoms with E-state index in [0.29, 0.717) is 5.02 Å². The number of carbonyl (C=O) groups is 2. The highest BCUT2D eigenvalue weighted by atomic mass is 35.5. The van der Waals surface area contributed by atoms with Crippen LogP contribution < -0.4 is 9.62 Å². The van der Waals surface area contributed by atoms with Crippen molar-refractivity contribution in [2.75, 3.05) is 10.8 Å². The van der Waals surface area contributed by atoms with Crippen LogP contribution in [-0.4, -0.2) is 43.8 Å². The molecular weight excluding hydrogens is 510 g/mol. The van der Waals surface area contributed by atoms with Gasteiger partial charge in [0, 0.05) is 17.6 Å². The Bertz CT molecular complexity index is 1350. The second-order valence-electron chi connectivity index (χ2n) is 9.09. The maximum Gasteiger partial charge on any atom is 0.264 e. The summed E-state index contributed by atoms with van der Waals surface area (Å²) in [6.07, 6.45) is 0. The Balaban J connectivity index is 2.03. The monoisotopic (exact) mass is 541 g/mol. The van der Waals surface area contributed by atoms with E-state index < -0.39 is 28.5 Å². The quantitative estimate of drug-likeness (QED) is 0.400. The minimum absolute atomic E-state index is 0.0406. The summed E-state index contributed by atoms with van der Waals surface area (Å²) in [6, 6.07) is 20.8. The van der Waals surface area contributed by atoms with Gasteiger partial charge in [-0.2, -0.15) is 0 Å². The smallest absolute Gasteiger partial charge is 0.264 e. The Morgan fingerprint density at radius 3 is 2.19 bits per heavy atom. The molecule has 196 valence electrons. The minimum atomic E-state index is -4.12. The molecule has 0 aromatic heterocycles. The van der Waals surface area contributed by atoms with Gasteiger partial charge in [0.2, 0.25) is 11.8 Å². The van der Waals surface area contributed by atoms with Crippen molar-refractivity contribution in [3.05, 3.63) is 95.0 Å². The van der Waals surface area contributed by atoms with Crippen molar-refractivity contribution < 1.29 is 18.0 Å². The van der Waals surface area contributed by atoms with Crippen molar-refractivity contribution in [3.63, 3.8) is 0 Å². The van der Waals surface area contributed by atoms with Gasteiger partial charge >= 0.3 is 0 Å². The molecule has 3 aromatic carbocycles. The molecule has 0 aliphatic heterocycles. The molecule has 1 atom stereocenters. The number of sulfonamides is 1. The van der Waals surface area contributed by atoms with Crippen LogP contribution in [-0.2, 0) is 26.2 Å². The number of anilines is 1. The molecule has 0 bridgehead atoms. The van der Waals surface area contributed by atoms with Crippen LogP contribution in [0.3, 0.4) is 0 Å². The third-order valence-corrected chi connectivity index (χ3v) is 7.93. The van der Waals surface area contributed by atoms with Gasteiger partial charge in [0.15, 0.2) is 0 Å². The highest BCUT2D eigenvalue weighted by Gasteiger charge is 2.32. The average molecular weight is 542 g/mol. The minimum Gasteiger partial charge on any atom is -0.352 e. The van der Waals surface area contributed by atoms with Crippen molar-refractivity contribution in [3.8, 4) is 0 Å². The lowest BCUT2D eigenvalue weighted by molar-refractivity contribution is -0.139. The highest BCUT2D eigenvalue weighted by Crippen LogP contribution is 2.27. The molecule has 0 saturated heterocycles. The van der Waals surface area contributed by atoms with Gasteiger partial charge in [-0.1, -0.05) is 60.1 Å². The standard InChI is InChI=1S/C28H32ClN3O4S/c1-20(2)30-28(34)22(4)31(18-23-12-9-8-11-21(23)3)27(33)19-32(25-14-10-13-24(29)17-25)37(35,36)26-15-6-5-7-16-26/h5-17,20,22H,18-19H2,1-4H3,(H,30,34)/t22-/m0/s1. The van der Waals surface area contributed by atoms with Gasteiger partial charge in [-0.15, -0.1) is 0 Å². The molecular formula is C28H32ClN3O4S. The van der Waals surface area contributed by atoms with Gasteiger partial charge in [-0.25, -0.2) is 8.42 Å².